The number of benzene rings is 2. The Morgan fingerprint density at radius 1 is 1.24 bits per heavy atom. The fourth-order valence-electron chi connectivity index (χ4n) is 2.43. The number of fused-ring (bicyclic) bond motifs is 1. The summed E-state index contributed by atoms with van der Waals surface area (Å²) in [6.07, 6.45) is 0. The van der Waals surface area contributed by atoms with Crippen molar-refractivity contribution < 1.29 is 9.66 Å². The van der Waals surface area contributed by atoms with Gasteiger partial charge in [0.1, 0.15) is 12.4 Å². The first-order valence-corrected chi connectivity index (χ1v) is 6.93. The summed E-state index contributed by atoms with van der Waals surface area (Å²) in [6, 6.07) is 12.0. The first-order chi connectivity index (χ1) is 10.1. The van der Waals surface area contributed by atoms with Gasteiger partial charge in [-0.05, 0) is 23.8 Å². The van der Waals surface area contributed by atoms with Gasteiger partial charge >= 0.3 is 0 Å². The minimum Gasteiger partial charge on any atom is -0.492 e. The van der Waals surface area contributed by atoms with Crippen LogP contribution in [0.5, 0.6) is 5.75 Å². The van der Waals surface area contributed by atoms with Crippen molar-refractivity contribution in [2.45, 2.75) is 6.04 Å². The van der Waals surface area contributed by atoms with E-state index in [1.165, 1.54) is 6.07 Å². The third-order valence-electron chi connectivity index (χ3n) is 3.43. The fraction of sp³-hybridized carbons (Fsp3) is 0.200. The van der Waals surface area contributed by atoms with Crippen molar-refractivity contribution in [3.63, 3.8) is 0 Å². The molecule has 3 rings (SSSR count). The Bertz CT molecular complexity index is 673. The van der Waals surface area contributed by atoms with Crippen LogP contribution in [0.2, 0.25) is 5.02 Å². The Hall–Kier alpha value is -2.11. The molecule has 108 valence electrons. The number of nitro groups is 1. The molecule has 1 aliphatic heterocycles. The summed E-state index contributed by atoms with van der Waals surface area (Å²) >= 11 is 5.92. The summed E-state index contributed by atoms with van der Waals surface area (Å²) in [5, 5.41) is 15.0. The van der Waals surface area contributed by atoms with Crippen LogP contribution in [0.25, 0.3) is 0 Å². The molecule has 0 bridgehead atoms. The van der Waals surface area contributed by atoms with Gasteiger partial charge in [-0.1, -0.05) is 23.7 Å². The fourth-order valence-corrected chi connectivity index (χ4v) is 2.56. The molecule has 21 heavy (non-hydrogen) atoms. The number of halogens is 1. The van der Waals surface area contributed by atoms with E-state index >= 15 is 0 Å². The van der Waals surface area contributed by atoms with Crippen molar-refractivity contribution in [1.29, 1.82) is 0 Å². The zero-order chi connectivity index (χ0) is 14.8. The first kappa shape index (κ1) is 13.9. The normalized spacial score (nSPS) is 17.5. The third-order valence-corrected chi connectivity index (χ3v) is 3.68. The summed E-state index contributed by atoms with van der Waals surface area (Å²) < 4.78 is 5.65. The Balaban J connectivity index is 2.08. The molecule has 1 aliphatic rings. The van der Waals surface area contributed by atoms with Crippen LogP contribution >= 0.6 is 11.6 Å². The molecule has 0 radical (unpaired) electrons. The topological polar surface area (TPSA) is 64.4 Å². The van der Waals surface area contributed by atoms with E-state index in [9.17, 15) is 10.1 Å². The highest BCUT2D eigenvalue weighted by molar-refractivity contribution is 6.30. The molecule has 1 unspecified atom stereocenters. The zero-order valence-electron chi connectivity index (χ0n) is 11.1. The van der Waals surface area contributed by atoms with E-state index < -0.39 is 4.92 Å². The quantitative estimate of drug-likeness (QED) is 0.683. The number of nitro benzene ring substituents is 1. The Morgan fingerprint density at radius 3 is 2.71 bits per heavy atom. The van der Waals surface area contributed by atoms with Crippen LogP contribution in [0.3, 0.4) is 0 Å². The predicted octanol–water partition coefficient (Wildman–Crippen LogP) is 3.32. The highest BCUT2D eigenvalue weighted by Gasteiger charge is 2.23. The van der Waals surface area contributed by atoms with Gasteiger partial charge in [-0.25, -0.2) is 0 Å². The zero-order valence-corrected chi connectivity index (χ0v) is 11.8. The molecule has 0 amide bonds. The summed E-state index contributed by atoms with van der Waals surface area (Å²) in [4.78, 5) is 10.6. The monoisotopic (exact) mass is 304 g/mol. The largest absolute Gasteiger partial charge is 0.492 e. The molecular weight excluding hydrogens is 292 g/mol. The van der Waals surface area contributed by atoms with E-state index in [1.54, 1.807) is 24.3 Å². The number of rotatable bonds is 2. The lowest BCUT2D eigenvalue weighted by Crippen LogP contribution is -2.23. The Morgan fingerprint density at radius 2 is 2.00 bits per heavy atom. The maximum Gasteiger partial charge on any atom is 0.270 e. The lowest BCUT2D eigenvalue weighted by molar-refractivity contribution is -0.384. The highest BCUT2D eigenvalue weighted by atomic mass is 35.5. The molecule has 1 atom stereocenters. The molecule has 0 fully saturated rings. The number of non-ortho nitro benzene ring substituents is 1. The molecule has 2 aromatic rings. The van der Waals surface area contributed by atoms with Crippen molar-refractivity contribution in [2.75, 3.05) is 13.2 Å². The average molecular weight is 305 g/mol. The minimum atomic E-state index is -0.399. The molecule has 0 spiro atoms. The second-order valence-electron chi connectivity index (χ2n) is 4.77. The van der Waals surface area contributed by atoms with Crippen molar-refractivity contribution >= 4 is 17.3 Å². The summed E-state index contributed by atoms with van der Waals surface area (Å²) in [6.45, 7) is 1.19. The molecule has 2 aromatic carbocycles. The van der Waals surface area contributed by atoms with E-state index in [-0.39, 0.29) is 11.7 Å². The van der Waals surface area contributed by atoms with Gasteiger partial charge in [-0.3, -0.25) is 10.1 Å². The van der Waals surface area contributed by atoms with Crippen molar-refractivity contribution in [3.05, 3.63) is 68.7 Å². The molecule has 6 heteroatoms. The van der Waals surface area contributed by atoms with Crippen LogP contribution < -0.4 is 10.1 Å². The van der Waals surface area contributed by atoms with Gasteiger partial charge in [0, 0.05) is 29.3 Å². The highest BCUT2D eigenvalue weighted by Crippen LogP contribution is 2.34. The van der Waals surface area contributed by atoms with Crippen molar-refractivity contribution in [3.8, 4) is 5.75 Å². The number of ether oxygens (including phenoxy) is 1. The van der Waals surface area contributed by atoms with Gasteiger partial charge in [0.2, 0.25) is 0 Å². The number of hydrogen-bond donors (Lipinski definition) is 1. The van der Waals surface area contributed by atoms with E-state index in [1.807, 2.05) is 12.1 Å². The number of nitrogens with zero attached hydrogens (tertiary/aromatic N) is 1. The van der Waals surface area contributed by atoms with Crippen LogP contribution in [0.1, 0.15) is 17.2 Å². The predicted molar refractivity (Wildman–Crippen MR) is 79.9 cm³/mol. The molecule has 1 heterocycles. The van der Waals surface area contributed by atoms with Crippen LogP contribution in [0, 0.1) is 10.1 Å². The minimum absolute atomic E-state index is 0.0556. The Kier molecular flexibility index (Phi) is 3.77. The second-order valence-corrected chi connectivity index (χ2v) is 5.20. The molecule has 0 aromatic heterocycles. The number of nitrogens with one attached hydrogen (secondary N) is 1. The van der Waals surface area contributed by atoms with Crippen LogP contribution in [-0.4, -0.2) is 18.1 Å². The molecule has 5 nitrogen and oxygen atoms in total. The first-order valence-electron chi connectivity index (χ1n) is 6.55. The van der Waals surface area contributed by atoms with E-state index in [4.69, 9.17) is 16.3 Å². The van der Waals surface area contributed by atoms with E-state index in [0.717, 1.165) is 11.1 Å². The molecule has 0 saturated heterocycles. The summed E-state index contributed by atoms with van der Waals surface area (Å²) in [5.41, 5.74) is 1.82. The van der Waals surface area contributed by atoms with E-state index in [2.05, 4.69) is 5.32 Å². The molecule has 1 N–H and O–H groups in total. The number of hydrogen-bond acceptors (Lipinski definition) is 4. The van der Waals surface area contributed by atoms with Gasteiger partial charge in [0.25, 0.3) is 5.69 Å². The molecule has 0 aliphatic carbocycles. The second kappa shape index (κ2) is 5.71. The lowest BCUT2D eigenvalue weighted by atomic mass is 9.97. The van der Waals surface area contributed by atoms with Crippen LogP contribution in [0.4, 0.5) is 5.69 Å². The maximum atomic E-state index is 11.0. The van der Waals surface area contributed by atoms with Gasteiger partial charge in [0.05, 0.1) is 11.0 Å². The van der Waals surface area contributed by atoms with Crippen molar-refractivity contribution in [2.24, 2.45) is 0 Å². The Labute approximate surface area is 126 Å². The smallest absolute Gasteiger partial charge is 0.270 e. The molecule has 0 saturated carbocycles. The molecular formula is C15H13ClN2O3. The maximum absolute atomic E-state index is 11.0. The van der Waals surface area contributed by atoms with Crippen LogP contribution in [0.15, 0.2) is 42.5 Å². The SMILES string of the molecule is O=[N+]([O-])c1ccc2c(c1)C(c1ccc(Cl)cc1)NCCO2. The van der Waals surface area contributed by atoms with E-state index in [0.29, 0.717) is 23.9 Å². The lowest BCUT2D eigenvalue weighted by Gasteiger charge is -2.18. The van der Waals surface area contributed by atoms with Gasteiger partial charge < -0.3 is 10.1 Å². The standard InChI is InChI=1S/C15H13ClN2O3/c16-11-3-1-10(2-4-11)15-13-9-12(18(19)20)5-6-14(13)21-8-7-17-15/h1-6,9,15,17H,7-8H2. The van der Waals surface area contributed by atoms with Crippen molar-refractivity contribution in [1.82, 2.24) is 5.32 Å². The van der Waals surface area contributed by atoms with Gasteiger partial charge in [0.15, 0.2) is 0 Å². The average Bonchev–Trinajstić information content (AvgIpc) is 2.69. The van der Waals surface area contributed by atoms with Crippen LogP contribution in [-0.2, 0) is 0 Å². The van der Waals surface area contributed by atoms with Gasteiger partial charge in [-0.2, -0.15) is 0 Å². The summed E-state index contributed by atoms with van der Waals surface area (Å²) in [7, 11) is 0. The third kappa shape index (κ3) is 2.84. The summed E-state index contributed by atoms with van der Waals surface area (Å²) in [5.74, 6) is 0.672. The van der Waals surface area contributed by atoms with Gasteiger partial charge in [-0.15, -0.1) is 0 Å².